The van der Waals surface area contributed by atoms with Crippen LogP contribution in [-0.4, -0.2) is 27.9 Å². The number of esters is 1. The van der Waals surface area contributed by atoms with Gasteiger partial charge in [-0.25, -0.2) is 4.57 Å². The van der Waals surface area contributed by atoms with Crippen LogP contribution in [0.1, 0.15) is 19.4 Å². The van der Waals surface area contributed by atoms with Crippen LogP contribution in [0.3, 0.4) is 0 Å². The summed E-state index contributed by atoms with van der Waals surface area (Å²) in [5, 5.41) is 0. The van der Waals surface area contributed by atoms with Crippen LogP contribution < -0.4 is 9.29 Å². The molecule has 6 nitrogen and oxygen atoms in total. The van der Waals surface area contributed by atoms with Gasteiger partial charge in [0.1, 0.15) is 12.3 Å². The Hall–Kier alpha value is -2.09. The van der Waals surface area contributed by atoms with Crippen LogP contribution in [0, 0.1) is 0 Å². The van der Waals surface area contributed by atoms with Gasteiger partial charge in [-0.2, -0.15) is 4.72 Å². The number of nitrogens with zero attached hydrogens (tertiary/aromatic N) is 1. The van der Waals surface area contributed by atoms with Crippen LogP contribution in [0.15, 0.2) is 42.6 Å². The monoisotopic (exact) mass is 363 g/mol. The Labute approximate surface area is 148 Å². The highest BCUT2D eigenvalue weighted by molar-refractivity contribution is 8.25. The molecule has 0 bridgehead atoms. The number of aromatic nitrogens is 1. The Kier molecular flexibility index (Phi) is 4.49. The van der Waals surface area contributed by atoms with E-state index in [1.807, 2.05) is 61.0 Å². The van der Waals surface area contributed by atoms with E-state index >= 15 is 0 Å². The minimum atomic E-state index is -2.80. The van der Waals surface area contributed by atoms with Crippen LogP contribution in [0.2, 0.25) is 0 Å². The van der Waals surface area contributed by atoms with Gasteiger partial charge in [-0.3, -0.25) is 13.9 Å². The largest absolute Gasteiger partial charge is 0.468 e. The van der Waals surface area contributed by atoms with Gasteiger partial charge in [0.2, 0.25) is 0 Å². The SMILES string of the molecule is COC(=O)C(C)(C)c1ccc(-c2ccc[n+]3c2NS(O)(O)CC3)cc1. The van der Waals surface area contributed by atoms with E-state index in [1.54, 1.807) is 0 Å². The van der Waals surface area contributed by atoms with E-state index in [0.717, 1.165) is 16.7 Å². The van der Waals surface area contributed by atoms with Crippen molar-refractivity contribution in [2.24, 2.45) is 0 Å². The maximum atomic E-state index is 12.0. The zero-order chi connectivity index (χ0) is 18.2. The van der Waals surface area contributed by atoms with E-state index in [-0.39, 0.29) is 5.97 Å². The van der Waals surface area contributed by atoms with E-state index in [4.69, 9.17) is 4.74 Å². The van der Waals surface area contributed by atoms with Crippen molar-refractivity contribution in [2.45, 2.75) is 25.8 Å². The number of carbonyl (C=O) groups excluding carboxylic acids is 1. The summed E-state index contributed by atoms with van der Waals surface area (Å²) in [7, 11) is -1.42. The van der Waals surface area contributed by atoms with E-state index in [9.17, 15) is 13.9 Å². The molecule has 25 heavy (non-hydrogen) atoms. The number of benzene rings is 1. The molecule has 134 valence electrons. The molecule has 3 N–H and O–H groups in total. The number of fused-ring (bicyclic) bond motifs is 1. The number of anilines is 1. The molecule has 1 aliphatic rings. The lowest BCUT2D eigenvalue weighted by Crippen LogP contribution is -2.45. The third kappa shape index (κ3) is 3.35. The first-order chi connectivity index (χ1) is 11.7. The quantitative estimate of drug-likeness (QED) is 0.576. The number of ether oxygens (including phenoxy) is 1. The molecule has 0 spiro atoms. The topological polar surface area (TPSA) is 82.7 Å². The molecule has 0 amide bonds. The molecule has 0 saturated carbocycles. The highest BCUT2D eigenvalue weighted by atomic mass is 32.3. The molecule has 0 fully saturated rings. The van der Waals surface area contributed by atoms with Crippen molar-refractivity contribution in [3.8, 4) is 11.1 Å². The number of methoxy groups -OCH3 is 1. The molecule has 2 aromatic rings. The van der Waals surface area contributed by atoms with Gasteiger partial charge < -0.3 is 4.74 Å². The number of carbonyl (C=O) groups is 1. The fourth-order valence-corrected chi connectivity index (χ4v) is 4.05. The van der Waals surface area contributed by atoms with Gasteiger partial charge in [-0.05, 0) is 37.1 Å². The predicted octanol–water partition coefficient (Wildman–Crippen LogP) is 3.18. The molecular formula is C18H23N2O4S+. The van der Waals surface area contributed by atoms with E-state index < -0.39 is 16.2 Å². The first kappa shape index (κ1) is 17.7. The van der Waals surface area contributed by atoms with Crippen LogP contribution in [0.25, 0.3) is 11.1 Å². The lowest BCUT2D eigenvalue weighted by atomic mass is 9.84. The van der Waals surface area contributed by atoms with Crippen molar-refractivity contribution in [3.05, 3.63) is 48.2 Å². The standard InChI is InChI=1S/C18H22N2O4S/c1-18(2,17(21)24-3)14-8-6-13(7-9-14)15-5-4-10-20-11-12-25(22,23)19-16(15)20/h4-10,22-23H,11-12H2,1-3H3/p+1. The molecule has 7 heteroatoms. The second-order valence-electron chi connectivity index (χ2n) is 6.63. The molecule has 2 heterocycles. The Morgan fingerprint density at radius 2 is 1.92 bits per heavy atom. The summed E-state index contributed by atoms with van der Waals surface area (Å²) in [6.07, 6.45) is 1.91. The molecule has 1 aromatic carbocycles. The van der Waals surface area contributed by atoms with Gasteiger partial charge in [0, 0.05) is 0 Å². The van der Waals surface area contributed by atoms with Crippen molar-refractivity contribution < 1.29 is 23.2 Å². The molecule has 1 aliphatic heterocycles. The number of pyridine rings is 1. The van der Waals surface area contributed by atoms with Gasteiger partial charge in [0.25, 0.3) is 0 Å². The second kappa shape index (κ2) is 6.33. The third-order valence-electron chi connectivity index (χ3n) is 4.56. The minimum Gasteiger partial charge on any atom is -0.468 e. The summed E-state index contributed by atoms with van der Waals surface area (Å²) in [6.45, 7) is 4.20. The van der Waals surface area contributed by atoms with Gasteiger partial charge in [0.05, 0.1) is 24.3 Å². The highest BCUT2D eigenvalue weighted by Crippen LogP contribution is 2.42. The summed E-state index contributed by atoms with van der Waals surface area (Å²) in [5.41, 5.74) is 1.94. The van der Waals surface area contributed by atoms with Crippen molar-refractivity contribution in [3.63, 3.8) is 0 Å². The first-order valence-electron chi connectivity index (χ1n) is 8.00. The zero-order valence-corrected chi connectivity index (χ0v) is 15.3. The number of rotatable bonds is 3. The molecule has 0 radical (unpaired) electrons. The average Bonchev–Trinajstić information content (AvgIpc) is 2.59. The Morgan fingerprint density at radius 3 is 2.56 bits per heavy atom. The summed E-state index contributed by atoms with van der Waals surface area (Å²) in [4.78, 5) is 12.0. The lowest BCUT2D eigenvalue weighted by molar-refractivity contribution is -0.679. The predicted molar refractivity (Wildman–Crippen MR) is 98.5 cm³/mol. The fourth-order valence-electron chi connectivity index (χ4n) is 2.96. The van der Waals surface area contributed by atoms with Gasteiger partial charge >= 0.3 is 11.8 Å². The molecule has 0 unspecified atom stereocenters. The van der Waals surface area contributed by atoms with Crippen molar-refractivity contribution in [1.82, 2.24) is 0 Å². The Balaban J connectivity index is 1.98. The number of hydrogen-bond donors (Lipinski definition) is 3. The van der Waals surface area contributed by atoms with E-state index in [2.05, 4.69) is 4.72 Å². The lowest BCUT2D eigenvalue weighted by Gasteiger charge is -2.32. The maximum Gasteiger partial charge on any atom is 0.315 e. The normalized spacial score (nSPS) is 17.2. The number of aryl methyl sites for hydroxylation is 1. The highest BCUT2D eigenvalue weighted by Gasteiger charge is 2.32. The Morgan fingerprint density at radius 1 is 1.24 bits per heavy atom. The molecule has 3 rings (SSSR count). The maximum absolute atomic E-state index is 12.0. The van der Waals surface area contributed by atoms with Gasteiger partial charge in [-0.1, -0.05) is 35.0 Å². The third-order valence-corrected chi connectivity index (χ3v) is 5.83. The average molecular weight is 363 g/mol. The molecular weight excluding hydrogens is 340 g/mol. The van der Waals surface area contributed by atoms with Gasteiger partial charge in [0.15, 0.2) is 0 Å². The summed E-state index contributed by atoms with van der Waals surface area (Å²) >= 11 is 0. The molecule has 0 atom stereocenters. The van der Waals surface area contributed by atoms with Crippen LogP contribution in [0.5, 0.6) is 0 Å². The van der Waals surface area contributed by atoms with Crippen LogP contribution in [0.4, 0.5) is 5.82 Å². The molecule has 0 saturated heterocycles. The zero-order valence-electron chi connectivity index (χ0n) is 14.5. The van der Waals surface area contributed by atoms with Crippen LogP contribution in [-0.2, 0) is 21.5 Å². The Bertz CT molecular complexity index is 803. The van der Waals surface area contributed by atoms with Crippen LogP contribution >= 0.6 is 10.8 Å². The number of hydrogen-bond acceptors (Lipinski definition) is 5. The summed E-state index contributed by atoms with van der Waals surface area (Å²) in [5.74, 6) is 0.692. The first-order valence-corrected chi connectivity index (χ1v) is 9.72. The molecule has 0 aliphatic carbocycles. The van der Waals surface area contributed by atoms with E-state index in [1.165, 1.54) is 7.11 Å². The molecule has 1 aromatic heterocycles. The minimum absolute atomic E-state index is 0.288. The van der Waals surface area contributed by atoms with Crippen molar-refractivity contribution >= 4 is 22.6 Å². The number of nitrogens with one attached hydrogen (secondary N) is 1. The van der Waals surface area contributed by atoms with E-state index in [0.29, 0.717) is 18.1 Å². The fraction of sp³-hybridized carbons (Fsp3) is 0.333. The van der Waals surface area contributed by atoms with Crippen molar-refractivity contribution in [1.29, 1.82) is 0 Å². The second-order valence-corrected chi connectivity index (χ2v) is 8.58. The van der Waals surface area contributed by atoms with Gasteiger partial charge in [-0.15, -0.1) is 0 Å². The summed E-state index contributed by atoms with van der Waals surface area (Å²) in [6, 6.07) is 11.5. The summed E-state index contributed by atoms with van der Waals surface area (Å²) < 4.78 is 29.7. The van der Waals surface area contributed by atoms with Crippen molar-refractivity contribution in [2.75, 3.05) is 17.6 Å². The smallest absolute Gasteiger partial charge is 0.315 e.